The Balaban J connectivity index is 3.05. The Bertz CT molecular complexity index is 463. The first kappa shape index (κ1) is 15.0. The standard InChI is InChI=1S/C16H21NO2/c1-4-6-12-16(19)17(13(3)15(18)5-2)14-10-8-7-9-11-14/h5,7-11,18H,3-4,6,12H2,1-2H3/b15-5-. The molecule has 0 saturated heterocycles. The predicted octanol–water partition coefficient (Wildman–Crippen LogP) is 4.19. The maximum atomic E-state index is 12.3. The Morgan fingerprint density at radius 2 is 2.00 bits per heavy atom. The van der Waals surface area contributed by atoms with Gasteiger partial charge in [-0.2, -0.15) is 0 Å². The van der Waals surface area contributed by atoms with Crippen LogP contribution in [-0.4, -0.2) is 11.0 Å². The Morgan fingerprint density at radius 3 is 2.53 bits per heavy atom. The molecule has 0 spiro atoms. The van der Waals surface area contributed by atoms with Gasteiger partial charge in [0.2, 0.25) is 5.91 Å². The Morgan fingerprint density at radius 1 is 1.37 bits per heavy atom. The number of anilines is 1. The number of hydrogen-bond acceptors (Lipinski definition) is 2. The van der Waals surface area contributed by atoms with E-state index in [0.717, 1.165) is 18.5 Å². The lowest BCUT2D eigenvalue weighted by Crippen LogP contribution is -2.30. The fourth-order valence-electron chi connectivity index (χ4n) is 1.75. The van der Waals surface area contributed by atoms with Crippen molar-refractivity contribution in [3.05, 3.63) is 54.4 Å². The van der Waals surface area contributed by atoms with Crippen molar-refractivity contribution in [2.75, 3.05) is 4.90 Å². The van der Waals surface area contributed by atoms with Crippen molar-refractivity contribution in [3.63, 3.8) is 0 Å². The van der Waals surface area contributed by atoms with Crippen LogP contribution in [0.3, 0.4) is 0 Å². The van der Waals surface area contributed by atoms with Crippen molar-refractivity contribution in [2.24, 2.45) is 0 Å². The molecule has 1 N–H and O–H groups in total. The zero-order chi connectivity index (χ0) is 14.3. The van der Waals surface area contributed by atoms with Gasteiger partial charge in [0, 0.05) is 12.1 Å². The molecular formula is C16H21NO2. The molecule has 0 bridgehead atoms. The normalized spacial score (nSPS) is 11.2. The van der Waals surface area contributed by atoms with E-state index in [1.54, 1.807) is 6.92 Å². The first-order chi connectivity index (χ1) is 9.11. The highest BCUT2D eigenvalue weighted by atomic mass is 16.3. The molecule has 1 aromatic rings. The first-order valence-corrected chi connectivity index (χ1v) is 6.54. The third-order valence-corrected chi connectivity index (χ3v) is 2.85. The highest BCUT2D eigenvalue weighted by Gasteiger charge is 2.20. The van der Waals surface area contributed by atoms with Gasteiger partial charge in [0.25, 0.3) is 0 Å². The molecule has 0 aliphatic rings. The average Bonchev–Trinajstić information content (AvgIpc) is 2.45. The highest BCUT2D eigenvalue weighted by Crippen LogP contribution is 2.23. The second-order valence-electron chi connectivity index (χ2n) is 4.29. The number of allylic oxidation sites excluding steroid dienone is 1. The number of benzene rings is 1. The van der Waals surface area contributed by atoms with E-state index in [2.05, 4.69) is 6.58 Å². The van der Waals surface area contributed by atoms with E-state index in [1.807, 2.05) is 37.3 Å². The molecule has 0 fully saturated rings. The average molecular weight is 259 g/mol. The van der Waals surface area contributed by atoms with Gasteiger partial charge in [0.15, 0.2) is 0 Å². The smallest absolute Gasteiger partial charge is 0.231 e. The SMILES string of the molecule is C=C(/C(O)=C/C)N(C(=O)CCCC)c1ccccc1. The number of para-hydroxylation sites is 1. The second-order valence-corrected chi connectivity index (χ2v) is 4.29. The molecule has 0 aromatic heterocycles. The number of nitrogens with zero attached hydrogens (tertiary/aromatic N) is 1. The van der Waals surface area contributed by atoms with Crippen LogP contribution in [-0.2, 0) is 4.79 Å². The lowest BCUT2D eigenvalue weighted by molar-refractivity contribution is -0.118. The topological polar surface area (TPSA) is 40.5 Å². The minimum atomic E-state index is -0.0496. The van der Waals surface area contributed by atoms with E-state index in [9.17, 15) is 9.90 Å². The summed E-state index contributed by atoms with van der Waals surface area (Å²) in [6, 6.07) is 9.26. The Labute approximate surface area is 114 Å². The van der Waals surface area contributed by atoms with Gasteiger partial charge in [-0.05, 0) is 31.6 Å². The number of aliphatic hydroxyl groups is 1. The van der Waals surface area contributed by atoms with Crippen LogP contribution in [0.5, 0.6) is 0 Å². The summed E-state index contributed by atoms with van der Waals surface area (Å²) in [6.07, 6.45) is 3.76. The number of unbranched alkanes of at least 4 members (excludes halogenated alkanes) is 1. The lowest BCUT2D eigenvalue weighted by atomic mass is 10.2. The zero-order valence-corrected chi connectivity index (χ0v) is 11.6. The fourth-order valence-corrected chi connectivity index (χ4v) is 1.75. The molecular weight excluding hydrogens is 238 g/mol. The maximum Gasteiger partial charge on any atom is 0.231 e. The quantitative estimate of drug-likeness (QED) is 0.615. The third-order valence-electron chi connectivity index (χ3n) is 2.85. The van der Waals surface area contributed by atoms with Crippen LogP contribution in [0.25, 0.3) is 0 Å². The van der Waals surface area contributed by atoms with Gasteiger partial charge in [0.1, 0.15) is 5.76 Å². The molecule has 0 aliphatic heterocycles. The van der Waals surface area contributed by atoms with Crippen LogP contribution in [0.2, 0.25) is 0 Å². The number of amides is 1. The minimum absolute atomic E-state index is 0.0219. The van der Waals surface area contributed by atoms with Gasteiger partial charge >= 0.3 is 0 Å². The van der Waals surface area contributed by atoms with E-state index in [1.165, 1.54) is 11.0 Å². The second kappa shape index (κ2) is 7.41. The summed E-state index contributed by atoms with van der Waals surface area (Å²) in [5, 5.41) is 9.80. The number of rotatable bonds is 6. The van der Waals surface area contributed by atoms with Crippen molar-refractivity contribution in [1.29, 1.82) is 0 Å². The monoisotopic (exact) mass is 259 g/mol. The Hall–Kier alpha value is -2.03. The number of carbonyl (C=O) groups is 1. The van der Waals surface area contributed by atoms with Gasteiger partial charge in [-0.25, -0.2) is 0 Å². The van der Waals surface area contributed by atoms with E-state index in [4.69, 9.17) is 0 Å². The van der Waals surface area contributed by atoms with Crippen LogP contribution in [0.15, 0.2) is 54.4 Å². The molecule has 19 heavy (non-hydrogen) atoms. The van der Waals surface area contributed by atoms with E-state index in [0.29, 0.717) is 12.1 Å². The maximum absolute atomic E-state index is 12.3. The molecule has 0 unspecified atom stereocenters. The minimum Gasteiger partial charge on any atom is -0.506 e. The molecule has 0 aliphatic carbocycles. The van der Waals surface area contributed by atoms with Crippen LogP contribution in [0.1, 0.15) is 33.1 Å². The number of aliphatic hydroxyl groups excluding tert-OH is 1. The third kappa shape index (κ3) is 3.98. The summed E-state index contributed by atoms with van der Waals surface area (Å²) >= 11 is 0. The van der Waals surface area contributed by atoms with Crippen molar-refractivity contribution in [1.82, 2.24) is 0 Å². The largest absolute Gasteiger partial charge is 0.506 e. The highest BCUT2D eigenvalue weighted by molar-refractivity contribution is 5.97. The van der Waals surface area contributed by atoms with Gasteiger partial charge in [-0.15, -0.1) is 0 Å². The van der Waals surface area contributed by atoms with Crippen molar-refractivity contribution in [2.45, 2.75) is 33.1 Å². The van der Waals surface area contributed by atoms with Crippen LogP contribution in [0.4, 0.5) is 5.69 Å². The lowest BCUT2D eigenvalue weighted by Gasteiger charge is -2.24. The molecule has 102 valence electrons. The van der Waals surface area contributed by atoms with Crippen molar-refractivity contribution >= 4 is 11.6 Å². The molecule has 0 atom stereocenters. The molecule has 3 heteroatoms. The number of hydrogen-bond donors (Lipinski definition) is 1. The summed E-state index contributed by atoms with van der Waals surface area (Å²) < 4.78 is 0. The molecule has 1 rings (SSSR count). The van der Waals surface area contributed by atoms with Crippen LogP contribution < -0.4 is 4.90 Å². The van der Waals surface area contributed by atoms with E-state index < -0.39 is 0 Å². The summed E-state index contributed by atoms with van der Waals surface area (Å²) in [5.41, 5.74) is 1.04. The summed E-state index contributed by atoms with van der Waals surface area (Å²) in [7, 11) is 0. The summed E-state index contributed by atoms with van der Waals surface area (Å²) in [5.74, 6) is -0.0276. The molecule has 0 heterocycles. The van der Waals surface area contributed by atoms with Gasteiger partial charge < -0.3 is 5.11 Å². The summed E-state index contributed by atoms with van der Waals surface area (Å²) in [6.45, 7) is 7.57. The molecule has 1 aromatic carbocycles. The molecule has 0 radical (unpaired) electrons. The van der Waals surface area contributed by atoms with Crippen molar-refractivity contribution in [3.8, 4) is 0 Å². The zero-order valence-electron chi connectivity index (χ0n) is 11.6. The predicted molar refractivity (Wildman–Crippen MR) is 79.0 cm³/mol. The Kier molecular flexibility index (Phi) is 5.86. The summed E-state index contributed by atoms with van der Waals surface area (Å²) in [4.78, 5) is 13.8. The molecule has 3 nitrogen and oxygen atoms in total. The molecule has 1 amide bonds. The van der Waals surface area contributed by atoms with Crippen molar-refractivity contribution < 1.29 is 9.90 Å². The van der Waals surface area contributed by atoms with Crippen LogP contribution in [0, 0.1) is 0 Å². The van der Waals surface area contributed by atoms with Gasteiger partial charge in [-0.3, -0.25) is 9.69 Å². The van der Waals surface area contributed by atoms with E-state index >= 15 is 0 Å². The first-order valence-electron chi connectivity index (χ1n) is 6.54. The number of carbonyl (C=O) groups excluding carboxylic acids is 1. The molecule has 0 saturated carbocycles. The van der Waals surface area contributed by atoms with Crippen LogP contribution >= 0.6 is 0 Å². The van der Waals surface area contributed by atoms with Gasteiger partial charge in [-0.1, -0.05) is 38.1 Å². The van der Waals surface area contributed by atoms with Gasteiger partial charge in [0.05, 0.1) is 5.70 Å². The van der Waals surface area contributed by atoms with E-state index in [-0.39, 0.29) is 11.7 Å². The fraction of sp³-hybridized carbons (Fsp3) is 0.312.